The molecule has 0 bridgehead atoms. The van der Waals surface area contributed by atoms with Gasteiger partial charge in [-0.1, -0.05) is 28.1 Å². The van der Waals surface area contributed by atoms with Gasteiger partial charge in [-0.05, 0) is 30.5 Å². The number of carboxylic acids is 1. The number of hydrogen-bond donors (Lipinski definition) is 1. The molecule has 96 valence electrons. The molecule has 0 aromatic heterocycles. The molecule has 1 fully saturated rings. The average Bonchev–Trinajstić information content (AvgIpc) is 2.60. The Bertz CT molecular complexity index is 529. The number of aliphatic carboxylic acids is 1. The molecule has 1 aliphatic rings. The van der Waals surface area contributed by atoms with Crippen molar-refractivity contribution < 1.29 is 19.1 Å². The predicted octanol–water partition coefficient (Wildman–Crippen LogP) is 2.58. The third-order valence-corrected chi connectivity index (χ3v) is 4.38. The summed E-state index contributed by atoms with van der Waals surface area (Å²) < 4.78 is 13.6. The normalized spacial score (nSPS) is 27.5. The van der Waals surface area contributed by atoms with Crippen molar-refractivity contribution in [1.29, 1.82) is 0 Å². The van der Waals surface area contributed by atoms with Crippen molar-refractivity contribution in [2.24, 2.45) is 0 Å². The molecule has 2 rings (SSSR count). The Morgan fingerprint density at radius 2 is 2.22 bits per heavy atom. The lowest BCUT2D eigenvalue weighted by Crippen LogP contribution is -2.34. The van der Waals surface area contributed by atoms with E-state index in [9.17, 15) is 19.1 Å². The number of carboxylic acid groups (broad SMARTS) is 1. The second kappa shape index (κ2) is 4.46. The number of alkyl halides is 1. The Hall–Kier alpha value is -1.23. The van der Waals surface area contributed by atoms with Crippen LogP contribution in [0.2, 0.25) is 0 Å². The summed E-state index contributed by atoms with van der Waals surface area (Å²) in [7, 11) is 0. The fourth-order valence-electron chi connectivity index (χ4n) is 2.51. The van der Waals surface area contributed by atoms with Crippen molar-refractivity contribution in [1.82, 2.24) is 0 Å². The number of carbonyl (C=O) groups is 2. The lowest BCUT2D eigenvalue weighted by Gasteiger charge is -2.25. The quantitative estimate of drug-likeness (QED) is 0.854. The van der Waals surface area contributed by atoms with Gasteiger partial charge in [0.05, 0.1) is 4.83 Å². The minimum atomic E-state index is -1.31. The topological polar surface area (TPSA) is 54.4 Å². The van der Waals surface area contributed by atoms with E-state index in [4.69, 9.17) is 0 Å². The number of halogens is 2. The van der Waals surface area contributed by atoms with Gasteiger partial charge in [0.1, 0.15) is 17.0 Å². The number of ketones is 1. The van der Waals surface area contributed by atoms with Crippen LogP contribution in [0.4, 0.5) is 4.39 Å². The summed E-state index contributed by atoms with van der Waals surface area (Å²) in [6, 6.07) is 4.36. The monoisotopic (exact) mass is 314 g/mol. The number of rotatable bonds is 2. The van der Waals surface area contributed by atoms with Gasteiger partial charge in [-0.2, -0.15) is 0 Å². The van der Waals surface area contributed by atoms with Gasteiger partial charge >= 0.3 is 5.97 Å². The van der Waals surface area contributed by atoms with Gasteiger partial charge in [0, 0.05) is 6.42 Å². The molecule has 0 amide bonds. The zero-order valence-electron chi connectivity index (χ0n) is 9.74. The van der Waals surface area contributed by atoms with Crippen LogP contribution in [0.15, 0.2) is 18.2 Å². The summed E-state index contributed by atoms with van der Waals surface area (Å²) in [6.45, 7) is 1.54. The molecule has 1 aromatic carbocycles. The first-order valence-electron chi connectivity index (χ1n) is 5.54. The minimum absolute atomic E-state index is 0.0947. The van der Waals surface area contributed by atoms with Crippen LogP contribution >= 0.6 is 15.9 Å². The third-order valence-electron chi connectivity index (χ3n) is 3.55. The smallest absolute Gasteiger partial charge is 0.314 e. The Morgan fingerprint density at radius 1 is 1.56 bits per heavy atom. The first-order chi connectivity index (χ1) is 8.38. The molecule has 0 heterocycles. The predicted molar refractivity (Wildman–Crippen MR) is 67.4 cm³/mol. The molecule has 2 unspecified atom stereocenters. The van der Waals surface area contributed by atoms with Crippen molar-refractivity contribution in [3.63, 3.8) is 0 Å². The third kappa shape index (κ3) is 1.86. The molecular formula is C13H12BrFO3. The maximum atomic E-state index is 13.6. The van der Waals surface area contributed by atoms with Crippen LogP contribution in [0.25, 0.3) is 0 Å². The molecule has 2 atom stereocenters. The van der Waals surface area contributed by atoms with Crippen molar-refractivity contribution in [3.8, 4) is 0 Å². The summed E-state index contributed by atoms with van der Waals surface area (Å²) in [5.74, 6) is -1.67. The van der Waals surface area contributed by atoms with E-state index in [2.05, 4.69) is 15.9 Å². The lowest BCUT2D eigenvalue weighted by atomic mass is 9.77. The van der Waals surface area contributed by atoms with E-state index in [1.807, 2.05) is 0 Å². The SMILES string of the molecule is Cc1c(F)cccc1C1(C(=O)O)CC(=O)C(Br)C1. The number of Topliss-reactive ketones (excluding diaryl/α,β-unsaturated/α-hetero) is 1. The van der Waals surface area contributed by atoms with E-state index in [0.29, 0.717) is 11.1 Å². The van der Waals surface area contributed by atoms with E-state index >= 15 is 0 Å². The fourth-order valence-corrected chi connectivity index (χ4v) is 3.22. The first-order valence-corrected chi connectivity index (χ1v) is 6.46. The molecule has 1 aliphatic carbocycles. The van der Waals surface area contributed by atoms with Crippen LogP contribution in [-0.2, 0) is 15.0 Å². The first kappa shape index (κ1) is 13.2. The Morgan fingerprint density at radius 3 is 2.72 bits per heavy atom. The highest BCUT2D eigenvalue weighted by atomic mass is 79.9. The van der Waals surface area contributed by atoms with Crippen LogP contribution < -0.4 is 0 Å². The molecule has 0 radical (unpaired) electrons. The van der Waals surface area contributed by atoms with Crippen LogP contribution in [-0.4, -0.2) is 21.7 Å². The molecule has 1 saturated carbocycles. The summed E-state index contributed by atoms with van der Waals surface area (Å²) in [6.07, 6.45) is 0.0635. The highest BCUT2D eigenvalue weighted by molar-refractivity contribution is 9.10. The Balaban J connectivity index is 2.60. The Kier molecular flexibility index (Phi) is 3.27. The van der Waals surface area contributed by atoms with E-state index in [0.717, 1.165) is 0 Å². The van der Waals surface area contributed by atoms with E-state index in [1.165, 1.54) is 12.1 Å². The van der Waals surface area contributed by atoms with Crippen LogP contribution in [0.5, 0.6) is 0 Å². The molecule has 0 saturated heterocycles. The molecule has 18 heavy (non-hydrogen) atoms. The molecule has 1 N–H and O–H groups in total. The van der Waals surface area contributed by atoms with Crippen molar-refractivity contribution in [3.05, 3.63) is 35.1 Å². The molecule has 3 nitrogen and oxygen atoms in total. The highest BCUT2D eigenvalue weighted by Crippen LogP contribution is 2.43. The second-order valence-electron chi connectivity index (χ2n) is 4.61. The molecule has 0 spiro atoms. The van der Waals surface area contributed by atoms with Crippen LogP contribution in [0.1, 0.15) is 24.0 Å². The van der Waals surface area contributed by atoms with E-state index in [1.54, 1.807) is 13.0 Å². The summed E-state index contributed by atoms with van der Waals surface area (Å²) in [4.78, 5) is 22.8. The van der Waals surface area contributed by atoms with Gasteiger partial charge in [-0.15, -0.1) is 0 Å². The van der Waals surface area contributed by atoms with Gasteiger partial charge in [-0.25, -0.2) is 4.39 Å². The average molecular weight is 315 g/mol. The largest absolute Gasteiger partial charge is 0.481 e. The zero-order valence-corrected chi connectivity index (χ0v) is 11.3. The van der Waals surface area contributed by atoms with Gasteiger partial charge in [0.15, 0.2) is 0 Å². The Labute approximate surface area is 112 Å². The summed E-state index contributed by atoms with van der Waals surface area (Å²) in [5.41, 5.74) is -0.614. The summed E-state index contributed by atoms with van der Waals surface area (Å²) in [5, 5.41) is 9.47. The van der Waals surface area contributed by atoms with Crippen molar-refractivity contribution in [2.75, 3.05) is 0 Å². The van der Waals surface area contributed by atoms with E-state index < -0.39 is 22.0 Å². The molecule has 1 aromatic rings. The van der Waals surface area contributed by atoms with Crippen LogP contribution in [0.3, 0.4) is 0 Å². The molecule has 5 heteroatoms. The summed E-state index contributed by atoms with van der Waals surface area (Å²) >= 11 is 3.18. The molecule has 0 aliphatic heterocycles. The maximum Gasteiger partial charge on any atom is 0.314 e. The second-order valence-corrected chi connectivity index (χ2v) is 5.72. The fraction of sp³-hybridized carbons (Fsp3) is 0.385. The van der Waals surface area contributed by atoms with Gasteiger partial charge < -0.3 is 5.11 Å². The van der Waals surface area contributed by atoms with Crippen LogP contribution in [0, 0.1) is 12.7 Å². The zero-order chi connectivity index (χ0) is 13.5. The highest BCUT2D eigenvalue weighted by Gasteiger charge is 2.51. The van der Waals surface area contributed by atoms with Crippen molar-refractivity contribution >= 4 is 27.7 Å². The molecular weight excluding hydrogens is 303 g/mol. The van der Waals surface area contributed by atoms with E-state index in [-0.39, 0.29) is 18.6 Å². The van der Waals surface area contributed by atoms with Gasteiger partial charge in [-0.3, -0.25) is 9.59 Å². The maximum absolute atomic E-state index is 13.6. The number of benzene rings is 1. The lowest BCUT2D eigenvalue weighted by molar-refractivity contribution is -0.144. The van der Waals surface area contributed by atoms with Gasteiger partial charge in [0.25, 0.3) is 0 Å². The van der Waals surface area contributed by atoms with Gasteiger partial charge in [0.2, 0.25) is 0 Å². The number of carbonyl (C=O) groups excluding carboxylic acids is 1. The minimum Gasteiger partial charge on any atom is -0.481 e. The standard InChI is InChI=1S/C13H12BrFO3/c1-7-8(3-2-4-10(7)15)13(12(17)18)5-9(14)11(16)6-13/h2-4,9H,5-6H2,1H3,(H,17,18). The van der Waals surface area contributed by atoms with Crippen molar-refractivity contribution in [2.45, 2.75) is 30.0 Å². The number of hydrogen-bond acceptors (Lipinski definition) is 2.